The molecule has 1 heterocycles. The average molecular weight is 254 g/mol. The van der Waals surface area contributed by atoms with E-state index in [0.717, 1.165) is 25.0 Å². The molecule has 1 N–H and O–H groups in total. The molecule has 18 heavy (non-hydrogen) atoms. The maximum Gasteiger partial charge on any atom is 0.0674 e. The van der Waals surface area contributed by atoms with Gasteiger partial charge in [-0.05, 0) is 52.0 Å². The summed E-state index contributed by atoms with van der Waals surface area (Å²) in [5, 5.41) is 3.53. The van der Waals surface area contributed by atoms with Crippen LogP contribution in [0.1, 0.15) is 40.0 Å². The van der Waals surface area contributed by atoms with Gasteiger partial charge < -0.3 is 10.1 Å². The fourth-order valence-electron chi connectivity index (χ4n) is 3.61. The highest BCUT2D eigenvalue weighted by atomic mass is 16.5. The summed E-state index contributed by atoms with van der Waals surface area (Å²) >= 11 is 0. The van der Waals surface area contributed by atoms with E-state index < -0.39 is 0 Å². The van der Waals surface area contributed by atoms with E-state index in [1.54, 1.807) is 0 Å². The van der Waals surface area contributed by atoms with E-state index in [0.29, 0.717) is 18.2 Å². The van der Waals surface area contributed by atoms with Crippen LogP contribution in [-0.4, -0.2) is 49.8 Å². The van der Waals surface area contributed by atoms with E-state index >= 15 is 0 Å². The summed E-state index contributed by atoms with van der Waals surface area (Å²) in [7, 11) is 2.12. The number of nitrogens with zero attached hydrogens (tertiary/aromatic N) is 1. The minimum atomic E-state index is 0.398. The van der Waals surface area contributed by atoms with Crippen molar-refractivity contribution in [2.24, 2.45) is 11.8 Å². The van der Waals surface area contributed by atoms with Crippen molar-refractivity contribution in [2.75, 3.05) is 26.7 Å². The second-order valence-electron chi connectivity index (χ2n) is 6.52. The van der Waals surface area contributed by atoms with Crippen LogP contribution in [-0.2, 0) is 4.74 Å². The summed E-state index contributed by atoms with van der Waals surface area (Å²) in [5.41, 5.74) is 0. The fourth-order valence-corrected chi connectivity index (χ4v) is 3.61. The third-order valence-electron chi connectivity index (χ3n) is 4.82. The van der Waals surface area contributed by atoms with Crippen LogP contribution in [0.15, 0.2) is 0 Å². The van der Waals surface area contributed by atoms with Crippen molar-refractivity contribution >= 4 is 0 Å². The minimum absolute atomic E-state index is 0.398. The first-order valence-electron chi connectivity index (χ1n) is 7.63. The molecule has 3 heteroatoms. The van der Waals surface area contributed by atoms with E-state index in [-0.39, 0.29) is 0 Å². The average Bonchev–Trinajstić information content (AvgIpc) is 2.34. The van der Waals surface area contributed by atoms with Gasteiger partial charge in [-0.3, -0.25) is 4.90 Å². The van der Waals surface area contributed by atoms with Crippen LogP contribution in [0.2, 0.25) is 0 Å². The monoisotopic (exact) mass is 254 g/mol. The molecule has 0 aromatic carbocycles. The molecule has 2 fully saturated rings. The van der Waals surface area contributed by atoms with Gasteiger partial charge in [-0.2, -0.15) is 0 Å². The molecular formula is C15H30N2O. The van der Waals surface area contributed by atoms with Crippen LogP contribution in [0.25, 0.3) is 0 Å². The molecular weight excluding hydrogens is 224 g/mol. The Bertz CT molecular complexity index is 259. The number of rotatable bonds is 3. The summed E-state index contributed by atoms with van der Waals surface area (Å²) in [6.45, 7) is 10.1. The van der Waals surface area contributed by atoms with Crippen molar-refractivity contribution in [1.29, 1.82) is 0 Å². The Morgan fingerprint density at radius 3 is 2.72 bits per heavy atom. The molecule has 3 nitrogen and oxygen atoms in total. The van der Waals surface area contributed by atoms with Crippen LogP contribution in [0, 0.1) is 11.8 Å². The Balaban J connectivity index is 1.92. The first-order chi connectivity index (χ1) is 8.60. The van der Waals surface area contributed by atoms with E-state index in [1.807, 2.05) is 0 Å². The van der Waals surface area contributed by atoms with E-state index in [2.05, 4.69) is 38.0 Å². The molecule has 1 aliphatic carbocycles. The predicted molar refractivity (Wildman–Crippen MR) is 75.8 cm³/mol. The highest BCUT2D eigenvalue weighted by molar-refractivity contribution is 4.87. The van der Waals surface area contributed by atoms with Crippen molar-refractivity contribution in [3.05, 3.63) is 0 Å². The molecule has 0 amide bonds. The standard InChI is InChI=1S/C15H30N2O/c1-11-5-6-15(16-4)14(7-11)9-17-8-13(3)18-10-12(17)2/h11-16H,5-10H2,1-4H3. The molecule has 0 aromatic rings. The van der Waals surface area contributed by atoms with Gasteiger partial charge in [0.2, 0.25) is 0 Å². The second kappa shape index (κ2) is 6.36. The fraction of sp³-hybridized carbons (Fsp3) is 1.00. The van der Waals surface area contributed by atoms with Crippen LogP contribution in [0.5, 0.6) is 0 Å². The molecule has 106 valence electrons. The lowest BCUT2D eigenvalue weighted by molar-refractivity contribution is -0.0581. The van der Waals surface area contributed by atoms with Crippen molar-refractivity contribution in [3.8, 4) is 0 Å². The highest BCUT2D eigenvalue weighted by Crippen LogP contribution is 2.30. The van der Waals surface area contributed by atoms with Gasteiger partial charge >= 0.3 is 0 Å². The number of nitrogens with one attached hydrogen (secondary N) is 1. The van der Waals surface area contributed by atoms with Crippen LogP contribution in [0.3, 0.4) is 0 Å². The van der Waals surface area contributed by atoms with Crippen LogP contribution >= 0.6 is 0 Å². The summed E-state index contributed by atoms with van der Waals surface area (Å²) < 4.78 is 5.73. The van der Waals surface area contributed by atoms with Crippen LogP contribution in [0.4, 0.5) is 0 Å². The summed E-state index contributed by atoms with van der Waals surface area (Å²) in [4.78, 5) is 2.64. The van der Waals surface area contributed by atoms with E-state index in [4.69, 9.17) is 4.74 Å². The lowest BCUT2D eigenvalue weighted by Gasteiger charge is -2.42. The van der Waals surface area contributed by atoms with Gasteiger partial charge in [0.1, 0.15) is 0 Å². The van der Waals surface area contributed by atoms with Crippen molar-refractivity contribution < 1.29 is 4.74 Å². The Kier molecular flexibility index (Phi) is 5.05. The Morgan fingerprint density at radius 2 is 2.00 bits per heavy atom. The highest BCUT2D eigenvalue weighted by Gasteiger charge is 2.32. The number of morpholine rings is 1. The third-order valence-corrected chi connectivity index (χ3v) is 4.82. The lowest BCUT2D eigenvalue weighted by Crippen LogP contribution is -2.52. The predicted octanol–water partition coefficient (Wildman–Crippen LogP) is 2.12. The molecule has 1 saturated heterocycles. The Morgan fingerprint density at radius 1 is 1.22 bits per heavy atom. The van der Waals surface area contributed by atoms with Gasteiger partial charge in [-0.1, -0.05) is 6.92 Å². The van der Waals surface area contributed by atoms with Crippen molar-refractivity contribution in [1.82, 2.24) is 10.2 Å². The molecule has 0 aromatic heterocycles. The Hall–Kier alpha value is -0.120. The zero-order valence-corrected chi connectivity index (χ0v) is 12.5. The molecule has 5 atom stereocenters. The first kappa shape index (κ1) is 14.3. The second-order valence-corrected chi connectivity index (χ2v) is 6.52. The maximum absolute atomic E-state index is 5.73. The smallest absolute Gasteiger partial charge is 0.0674 e. The largest absolute Gasteiger partial charge is 0.376 e. The quantitative estimate of drug-likeness (QED) is 0.835. The van der Waals surface area contributed by atoms with E-state index in [1.165, 1.54) is 25.8 Å². The summed E-state index contributed by atoms with van der Waals surface area (Å²) in [5.74, 6) is 1.71. The molecule has 2 rings (SSSR count). The number of hydrogen-bond donors (Lipinski definition) is 1. The van der Waals surface area contributed by atoms with Gasteiger partial charge in [0.05, 0.1) is 12.7 Å². The van der Waals surface area contributed by atoms with Gasteiger partial charge in [0, 0.05) is 25.2 Å². The maximum atomic E-state index is 5.73. The summed E-state index contributed by atoms with van der Waals surface area (Å²) in [6, 6.07) is 1.29. The molecule has 2 aliphatic rings. The van der Waals surface area contributed by atoms with Crippen LogP contribution < -0.4 is 5.32 Å². The zero-order chi connectivity index (χ0) is 13.1. The lowest BCUT2D eigenvalue weighted by atomic mass is 9.78. The molecule has 0 spiro atoms. The van der Waals surface area contributed by atoms with Crippen molar-refractivity contribution in [3.63, 3.8) is 0 Å². The molecule has 0 bridgehead atoms. The molecule has 5 unspecified atom stereocenters. The molecule has 1 aliphatic heterocycles. The topological polar surface area (TPSA) is 24.5 Å². The summed E-state index contributed by atoms with van der Waals surface area (Å²) in [6.07, 6.45) is 4.51. The number of ether oxygens (including phenoxy) is 1. The van der Waals surface area contributed by atoms with Gasteiger partial charge in [-0.25, -0.2) is 0 Å². The van der Waals surface area contributed by atoms with Gasteiger partial charge in [0.25, 0.3) is 0 Å². The van der Waals surface area contributed by atoms with Gasteiger partial charge in [-0.15, -0.1) is 0 Å². The minimum Gasteiger partial charge on any atom is -0.376 e. The Labute approximate surface area is 112 Å². The molecule has 1 saturated carbocycles. The van der Waals surface area contributed by atoms with Crippen molar-refractivity contribution in [2.45, 2.75) is 58.2 Å². The number of hydrogen-bond acceptors (Lipinski definition) is 3. The van der Waals surface area contributed by atoms with Gasteiger partial charge in [0.15, 0.2) is 0 Å². The molecule has 0 radical (unpaired) electrons. The zero-order valence-electron chi connectivity index (χ0n) is 12.5. The third kappa shape index (κ3) is 3.46. The SMILES string of the molecule is CNC1CCC(C)CC1CN1CC(C)OCC1C. The first-order valence-corrected chi connectivity index (χ1v) is 7.63. The normalized spacial score (nSPS) is 43.0. The van der Waals surface area contributed by atoms with E-state index in [9.17, 15) is 0 Å².